The van der Waals surface area contributed by atoms with E-state index in [1.807, 2.05) is 6.92 Å². The predicted octanol–water partition coefficient (Wildman–Crippen LogP) is 2.39. The molecule has 1 aromatic rings. The molecule has 2 atom stereocenters. The molecule has 2 rings (SSSR count). The lowest BCUT2D eigenvalue weighted by atomic mass is 9.90. The minimum atomic E-state index is -2.88. The third-order valence-electron chi connectivity index (χ3n) is 4.07. The van der Waals surface area contributed by atoms with E-state index in [0.29, 0.717) is 5.56 Å². The molecule has 1 amide bonds. The summed E-state index contributed by atoms with van der Waals surface area (Å²) in [6, 6.07) is 5.71. The van der Waals surface area contributed by atoms with Gasteiger partial charge in [-0.05, 0) is 50.4 Å². The van der Waals surface area contributed by atoms with Crippen LogP contribution >= 0.6 is 12.4 Å². The first-order valence-corrected chi connectivity index (χ1v) is 7.67. The van der Waals surface area contributed by atoms with Crippen molar-refractivity contribution < 1.29 is 23.4 Å². The summed E-state index contributed by atoms with van der Waals surface area (Å²) in [6.45, 7) is -0.165. The molecule has 0 bridgehead atoms. The molecule has 1 saturated heterocycles. The van der Waals surface area contributed by atoms with Gasteiger partial charge in [0.25, 0.3) is 0 Å². The van der Waals surface area contributed by atoms with Gasteiger partial charge >= 0.3 is 6.61 Å². The molecular formula is C16H23ClF2N2O3. The standard InChI is InChI=1S/C16H22F2N2O3.ClH/c1-16(8-2-3-9-20-16)14(22)19-10-13(21)11-4-6-12(7-5-11)23-15(17)18;/h4-7,13,15,20-21H,2-3,8-10H2,1H3,(H,19,22);1H. The van der Waals surface area contributed by atoms with E-state index in [9.17, 15) is 18.7 Å². The van der Waals surface area contributed by atoms with Crippen molar-refractivity contribution in [3.63, 3.8) is 0 Å². The first kappa shape index (κ1) is 20.6. The maximum atomic E-state index is 12.2. The lowest BCUT2D eigenvalue weighted by Gasteiger charge is -2.33. The fraction of sp³-hybridized carbons (Fsp3) is 0.562. The van der Waals surface area contributed by atoms with Crippen LogP contribution in [0.2, 0.25) is 0 Å². The third-order valence-corrected chi connectivity index (χ3v) is 4.07. The van der Waals surface area contributed by atoms with E-state index in [1.54, 1.807) is 0 Å². The number of aliphatic hydroxyl groups is 1. The Morgan fingerprint density at radius 1 is 1.38 bits per heavy atom. The molecule has 0 aromatic heterocycles. The van der Waals surface area contributed by atoms with Crippen molar-refractivity contribution in [2.24, 2.45) is 0 Å². The number of nitrogens with one attached hydrogen (secondary N) is 2. The fourth-order valence-electron chi connectivity index (χ4n) is 2.62. The molecule has 0 radical (unpaired) electrons. The molecular weight excluding hydrogens is 342 g/mol. The Morgan fingerprint density at radius 2 is 2.04 bits per heavy atom. The smallest absolute Gasteiger partial charge is 0.387 e. The highest BCUT2D eigenvalue weighted by Gasteiger charge is 2.34. The predicted molar refractivity (Wildman–Crippen MR) is 88.6 cm³/mol. The second-order valence-electron chi connectivity index (χ2n) is 5.89. The average Bonchev–Trinajstić information content (AvgIpc) is 2.53. The molecule has 1 aliphatic heterocycles. The van der Waals surface area contributed by atoms with E-state index in [1.165, 1.54) is 24.3 Å². The van der Waals surface area contributed by atoms with Crippen molar-refractivity contribution in [3.05, 3.63) is 29.8 Å². The van der Waals surface area contributed by atoms with Crippen LogP contribution in [0.4, 0.5) is 8.78 Å². The summed E-state index contributed by atoms with van der Waals surface area (Å²) in [4.78, 5) is 12.2. The zero-order valence-corrected chi connectivity index (χ0v) is 14.2. The number of benzene rings is 1. The van der Waals surface area contributed by atoms with Crippen LogP contribution in [0.15, 0.2) is 24.3 Å². The van der Waals surface area contributed by atoms with Gasteiger partial charge in [-0.15, -0.1) is 12.4 Å². The molecule has 0 aliphatic carbocycles. The summed E-state index contributed by atoms with van der Waals surface area (Å²) < 4.78 is 28.4. The van der Waals surface area contributed by atoms with Crippen molar-refractivity contribution in [3.8, 4) is 5.75 Å². The molecule has 8 heteroatoms. The van der Waals surface area contributed by atoms with Gasteiger partial charge in [0.2, 0.25) is 5.91 Å². The Morgan fingerprint density at radius 3 is 2.58 bits per heavy atom. The van der Waals surface area contributed by atoms with Crippen LogP contribution in [-0.2, 0) is 4.79 Å². The largest absolute Gasteiger partial charge is 0.435 e. The fourth-order valence-corrected chi connectivity index (χ4v) is 2.62. The van der Waals surface area contributed by atoms with Gasteiger partial charge in [0.15, 0.2) is 0 Å². The van der Waals surface area contributed by atoms with Crippen molar-refractivity contribution in [2.75, 3.05) is 13.1 Å². The molecule has 1 fully saturated rings. The second-order valence-corrected chi connectivity index (χ2v) is 5.89. The van der Waals surface area contributed by atoms with Crippen LogP contribution < -0.4 is 15.4 Å². The van der Waals surface area contributed by atoms with Gasteiger partial charge in [-0.2, -0.15) is 8.78 Å². The highest BCUT2D eigenvalue weighted by Crippen LogP contribution is 2.21. The van der Waals surface area contributed by atoms with E-state index in [2.05, 4.69) is 15.4 Å². The second kappa shape index (κ2) is 9.15. The molecule has 2 unspecified atom stereocenters. The minimum absolute atomic E-state index is 0. The number of rotatable bonds is 6. The number of amides is 1. The van der Waals surface area contributed by atoms with Crippen molar-refractivity contribution in [1.82, 2.24) is 10.6 Å². The normalized spacial score (nSPS) is 21.7. The Balaban J connectivity index is 0.00000288. The van der Waals surface area contributed by atoms with Gasteiger partial charge in [-0.3, -0.25) is 4.79 Å². The topological polar surface area (TPSA) is 70.6 Å². The Labute approximate surface area is 146 Å². The number of halogens is 3. The van der Waals surface area contributed by atoms with Gasteiger partial charge in [0.1, 0.15) is 5.75 Å². The molecule has 1 aliphatic rings. The van der Waals surface area contributed by atoms with Gasteiger partial charge in [0, 0.05) is 6.54 Å². The Hall–Kier alpha value is -1.44. The van der Waals surface area contributed by atoms with E-state index >= 15 is 0 Å². The quantitative estimate of drug-likeness (QED) is 0.725. The summed E-state index contributed by atoms with van der Waals surface area (Å²) in [6.07, 6.45) is 1.89. The van der Waals surface area contributed by atoms with Gasteiger partial charge in [-0.25, -0.2) is 0 Å². The number of carbonyl (C=O) groups is 1. The highest BCUT2D eigenvalue weighted by atomic mass is 35.5. The van der Waals surface area contributed by atoms with E-state index in [0.717, 1.165) is 25.8 Å². The zero-order valence-electron chi connectivity index (χ0n) is 13.4. The number of ether oxygens (including phenoxy) is 1. The van der Waals surface area contributed by atoms with Crippen LogP contribution in [0.5, 0.6) is 5.75 Å². The minimum Gasteiger partial charge on any atom is -0.435 e. The number of piperidine rings is 1. The zero-order chi connectivity index (χ0) is 16.9. The van der Waals surface area contributed by atoms with Crippen LogP contribution in [0.25, 0.3) is 0 Å². The molecule has 1 aromatic carbocycles. The summed E-state index contributed by atoms with van der Waals surface area (Å²) in [7, 11) is 0. The monoisotopic (exact) mass is 364 g/mol. The molecule has 3 N–H and O–H groups in total. The first-order valence-electron chi connectivity index (χ1n) is 7.67. The van der Waals surface area contributed by atoms with Crippen molar-refractivity contribution in [2.45, 2.75) is 44.4 Å². The maximum Gasteiger partial charge on any atom is 0.387 e. The molecule has 5 nitrogen and oxygen atoms in total. The van der Waals surface area contributed by atoms with Gasteiger partial charge in [0.05, 0.1) is 11.6 Å². The number of hydrogen-bond acceptors (Lipinski definition) is 4. The first-order chi connectivity index (χ1) is 10.9. The van der Waals surface area contributed by atoms with Crippen LogP contribution in [-0.4, -0.2) is 36.3 Å². The number of carbonyl (C=O) groups excluding carboxylic acids is 1. The van der Waals surface area contributed by atoms with Crippen molar-refractivity contribution >= 4 is 18.3 Å². The summed E-state index contributed by atoms with van der Waals surface area (Å²) >= 11 is 0. The SMILES string of the molecule is CC1(C(=O)NCC(O)c2ccc(OC(F)F)cc2)CCCCN1.Cl. The number of aliphatic hydroxyl groups excluding tert-OH is 1. The van der Waals surface area contributed by atoms with Gasteiger partial charge in [-0.1, -0.05) is 12.1 Å². The van der Waals surface area contributed by atoms with Crippen LogP contribution in [0.1, 0.15) is 37.9 Å². The lowest BCUT2D eigenvalue weighted by Crippen LogP contribution is -2.57. The molecule has 136 valence electrons. The van der Waals surface area contributed by atoms with E-state index < -0.39 is 18.3 Å². The lowest BCUT2D eigenvalue weighted by molar-refractivity contribution is -0.128. The molecule has 0 spiro atoms. The summed E-state index contributed by atoms with van der Waals surface area (Å²) in [5, 5.41) is 16.0. The number of alkyl halides is 2. The Bertz CT molecular complexity index is 523. The summed E-state index contributed by atoms with van der Waals surface area (Å²) in [5.74, 6) is -0.118. The van der Waals surface area contributed by atoms with Crippen molar-refractivity contribution in [1.29, 1.82) is 0 Å². The molecule has 24 heavy (non-hydrogen) atoms. The Kier molecular flexibility index (Phi) is 7.86. The van der Waals surface area contributed by atoms with Gasteiger partial charge < -0.3 is 20.5 Å². The van der Waals surface area contributed by atoms with E-state index in [-0.39, 0.29) is 30.6 Å². The van der Waals surface area contributed by atoms with Crippen LogP contribution in [0.3, 0.4) is 0 Å². The number of hydrogen-bond donors (Lipinski definition) is 3. The maximum absolute atomic E-state index is 12.2. The third kappa shape index (κ3) is 5.58. The van der Waals surface area contributed by atoms with E-state index in [4.69, 9.17) is 0 Å². The van der Waals surface area contributed by atoms with Crippen LogP contribution in [0, 0.1) is 0 Å². The molecule has 1 heterocycles. The highest BCUT2D eigenvalue weighted by molar-refractivity contribution is 5.86. The average molecular weight is 365 g/mol. The molecule has 0 saturated carbocycles. The summed E-state index contributed by atoms with van der Waals surface area (Å²) in [5.41, 5.74) is -0.0823.